The standard InChI is InChI=1S/C24H18F2N2O3/c25-17-7-5-15(11-18(17)26)24-28-20(16-3-1-2-4-21(16)31-24)13-19(27-28)14-6-8-22-23(12-14)30-10-9-29-22/h1-8,11-12,20,24H,9-10,13H2/t20-,24-/m0/s1. The smallest absolute Gasteiger partial charge is 0.213 e. The largest absolute Gasteiger partial charge is 0.486 e. The zero-order chi connectivity index (χ0) is 20.9. The molecule has 6 rings (SSSR count). The number of benzene rings is 3. The van der Waals surface area contributed by atoms with Crippen LogP contribution in [0.4, 0.5) is 8.78 Å². The van der Waals surface area contributed by atoms with E-state index >= 15 is 0 Å². The van der Waals surface area contributed by atoms with Gasteiger partial charge in [-0.25, -0.2) is 13.8 Å². The quantitative estimate of drug-likeness (QED) is 0.587. The van der Waals surface area contributed by atoms with E-state index in [4.69, 9.17) is 19.3 Å². The Hall–Kier alpha value is -3.61. The minimum atomic E-state index is -0.910. The van der Waals surface area contributed by atoms with Crippen LogP contribution in [-0.2, 0) is 0 Å². The van der Waals surface area contributed by atoms with Crippen molar-refractivity contribution < 1.29 is 23.0 Å². The summed E-state index contributed by atoms with van der Waals surface area (Å²) in [6, 6.07) is 17.3. The molecule has 3 aliphatic heterocycles. The lowest BCUT2D eigenvalue weighted by Crippen LogP contribution is -2.33. The molecular weight excluding hydrogens is 402 g/mol. The van der Waals surface area contributed by atoms with Crippen LogP contribution >= 0.6 is 0 Å². The Balaban J connectivity index is 1.42. The molecule has 0 aromatic heterocycles. The summed E-state index contributed by atoms with van der Waals surface area (Å²) in [7, 11) is 0. The molecule has 0 fully saturated rings. The molecule has 0 amide bonds. The summed E-state index contributed by atoms with van der Waals surface area (Å²) in [5, 5.41) is 6.68. The first-order valence-corrected chi connectivity index (χ1v) is 10.1. The van der Waals surface area contributed by atoms with Crippen LogP contribution in [0.3, 0.4) is 0 Å². The second-order valence-corrected chi connectivity index (χ2v) is 7.69. The van der Waals surface area contributed by atoms with E-state index in [1.54, 1.807) is 0 Å². The first-order valence-electron chi connectivity index (χ1n) is 10.1. The van der Waals surface area contributed by atoms with Gasteiger partial charge in [-0.15, -0.1) is 0 Å². The molecule has 3 aromatic rings. The molecule has 5 nitrogen and oxygen atoms in total. The van der Waals surface area contributed by atoms with Crippen molar-refractivity contribution in [1.29, 1.82) is 0 Å². The van der Waals surface area contributed by atoms with Gasteiger partial charge in [0, 0.05) is 23.1 Å². The van der Waals surface area contributed by atoms with Crippen LogP contribution in [-0.4, -0.2) is 23.9 Å². The summed E-state index contributed by atoms with van der Waals surface area (Å²) in [5.41, 5.74) is 3.32. The molecule has 0 spiro atoms. The summed E-state index contributed by atoms with van der Waals surface area (Å²) < 4.78 is 45.0. The van der Waals surface area contributed by atoms with Crippen molar-refractivity contribution >= 4 is 5.71 Å². The lowest BCUT2D eigenvalue weighted by molar-refractivity contribution is -0.0192. The van der Waals surface area contributed by atoms with Crippen molar-refractivity contribution in [3.63, 3.8) is 0 Å². The van der Waals surface area contributed by atoms with Crippen LogP contribution in [0.25, 0.3) is 0 Å². The fraction of sp³-hybridized carbons (Fsp3) is 0.208. The van der Waals surface area contributed by atoms with Gasteiger partial charge in [-0.1, -0.05) is 24.3 Å². The first-order chi connectivity index (χ1) is 15.2. The summed E-state index contributed by atoms with van der Waals surface area (Å²) in [4.78, 5) is 0. The number of para-hydroxylation sites is 1. The fourth-order valence-electron chi connectivity index (χ4n) is 4.32. The molecule has 0 aliphatic carbocycles. The highest BCUT2D eigenvalue weighted by Gasteiger charge is 2.41. The molecule has 31 heavy (non-hydrogen) atoms. The van der Waals surface area contributed by atoms with E-state index in [0.29, 0.717) is 30.9 Å². The van der Waals surface area contributed by atoms with E-state index in [-0.39, 0.29) is 6.04 Å². The van der Waals surface area contributed by atoms with Gasteiger partial charge in [0.2, 0.25) is 6.23 Å². The summed E-state index contributed by atoms with van der Waals surface area (Å²) in [6.45, 7) is 1.05. The van der Waals surface area contributed by atoms with Crippen molar-refractivity contribution in [2.45, 2.75) is 18.7 Å². The predicted molar refractivity (Wildman–Crippen MR) is 109 cm³/mol. The van der Waals surface area contributed by atoms with E-state index in [1.807, 2.05) is 47.5 Å². The predicted octanol–water partition coefficient (Wildman–Crippen LogP) is 4.98. The Morgan fingerprint density at radius 2 is 1.68 bits per heavy atom. The van der Waals surface area contributed by atoms with Gasteiger partial charge in [-0.3, -0.25) is 0 Å². The molecule has 0 unspecified atom stereocenters. The van der Waals surface area contributed by atoms with Gasteiger partial charge in [0.25, 0.3) is 0 Å². The maximum Gasteiger partial charge on any atom is 0.213 e. The van der Waals surface area contributed by atoms with Crippen molar-refractivity contribution in [3.8, 4) is 17.2 Å². The summed E-state index contributed by atoms with van der Waals surface area (Å²) in [5.74, 6) is 0.340. The van der Waals surface area contributed by atoms with E-state index in [0.717, 1.165) is 34.4 Å². The zero-order valence-electron chi connectivity index (χ0n) is 16.4. The van der Waals surface area contributed by atoms with E-state index in [1.165, 1.54) is 12.1 Å². The van der Waals surface area contributed by atoms with Gasteiger partial charge in [0.05, 0.1) is 11.8 Å². The van der Waals surface area contributed by atoms with E-state index in [9.17, 15) is 8.78 Å². The van der Waals surface area contributed by atoms with E-state index in [2.05, 4.69) is 0 Å². The summed E-state index contributed by atoms with van der Waals surface area (Å²) >= 11 is 0. The summed E-state index contributed by atoms with van der Waals surface area (Å²) in [6.07, 6.45) is -0.00933. The second-order valence-electron chi connectivity index (χ2n) is 7.69. The Labute approximate surface area is 177 Å². The second kappa shape index (κ2) is 6.97. The molecule has 0 radical (unpaired) electrons. The average molecular weight is 420 g/mol. The van der Waals surface area contributed by atoms with Gasteiger partial charge >= 0.3 is 0 Å². The first kappa shape index (κ1) is 18.2. The Bertz CT molecular complexity index is 1210. The average Bonchev–Trinajstić information content (AvgIpc) is 3.26. The molecule has 0 N–H and O–H groups in total. The molecular formula is C24H18F2N2O3. The van der Waals surface area contributed by atoms with Crippen molar-refractivity contribution in [2.24, 2.45) is 5.10 Å². The minimum Gasteiger partial charge on any atom is -0.486 e. The normalized spacial score (nSPS) is 21.1. The number of fused-ring (bicyclic) bond motifs is 4. The maximum absolute atomic E-state index is 14.0. The molecule has 3 heterocycles. The Morgan fingerprint density at radius 1 is 0.839 bits per heavy atom. The number of rotatable bonds is 2. The van der Waals surface area contributed by atoms with Gasteiger partial charge in [0.1, 0.15) is 19.0 Å². The number of nitrogens with zero attached hydrogens (tertiary/aromatic N) is 2. The topological polar surface area (TPSA) is 43.3 Å². The molecule has 0 saturated carbocycles. The lowest BCUT2D eigenvalue weighted by Gasteiger charge is -2.38. The fourth-order valence-corrected chi connectivity index (χ4v) is 4.32. The Kier molecular flexibility index (Phi) is 4.09. The number of hydrogen-bond donors (Lipinski definition) is 0. The molecule has 7 heteroatoms. The molecule has 0 bridgehead atoms. The maximum atomic E-state index is 14.0. The molecule has 156 valence electrons. The molecule has 3 aromatic carbocycles. The third kappa shape index (κ3) is 3.00. The Morgan fingerprint density at radius 3 is 2.55 bits per heavy atom. The molecule has 0 saturated heterocycles. The lowest BCUT2D eigenvalue weighted by atomic mass is 9.95. The number of ether oxygens (including phenoxy) is 3. The minimum absolute atomic E-state index is 0.0775. The highest BCUT2D eigenvalue weighted by molar-refractivity contribution is 6.02. The number of hydrogen-bond acceptors (Lipinski definition) is 5. The van der Waals surface area contributed by atoms with Gasteiger partial charge in [-0.2, -0.15) is 5.10 Å². The molecule has 2 atom stereocenters. The monoisotopic (exact) mass is 420 g/mol. The van der Waals surface area contributed by atoms with Crippen molar-refractivity contribution in [3.05, 3.63) is 89.0 Å². The van der Waals surface area contributed by atoms with Crippen LogP contribution in [0.1, 0.15) is 35.4 Å². The van der Waals surface area contributed by atoms with Gasteiger partial charge in [-0.05, 0) is 36.4 Å². The van der Waals surface area contributed by atoms with Gasteiger partial charge < -0.3 is 14.2 Å². The SMILES string of the molecule is Fc1ccc([C@@H]2Oc3ccccc3[C@@H]3CC(c4ccc5c(c4)OCCO5)=NN32)cc1F. The van der Waals surface area contributed by atoms with Crippen LogP contribution in [0.15, 0.2) is 65.8 Å². The highest BCUT2D eigenvalue weighted by atomic mass is 19.2. The van der Waals surface area contributed by atoms with Crippen LogP contribution in [0, 0.1) is 11.6 Å². The van der Waals surface area contributed by atoms with Crippen LogP contribution in [0.5, 0.6) is 17.2 Å². The van der Waals surface area contributed by atoms with Crippen LogP contribution in [0.2, 0.25) is 0 Å². The van der Waals surface area contributed by atoms with Crippen molar-refractivity contribution in [2.75, 3.05) is 13.2 Å². The zero-order valence-corrected chi connectivity index (χ0v) is 16.4. The van der Waals surface area contributed by atoms with Crippen molar-refractivity contribution in [1.82, 2.24) is 5.01 Å². The third-order valence-corrected chi connectivity index (χ3v) is 5.80. The number of hydrazone groups is 1. The van der Waals surface area contributed by atoms with Gasteiger partial charge in [0.15, 0.2) is 23.1 Å². The van der Waals surface area contributed by atoms with E-state index < -0.39 is 17.9 Å². The third-order valence-electron chi connectivity index (χ3n) is 5.80. The van der Waals surface area contributed by atoms with Crippen LogP contribution < -0.4 is 14.2 Å². The number of halogens is 2. The molecule has 3 aliphatic rings. The highest BCUT2D eigenvalue weighted by Crippen LogP contribution is 2.47.